The number of nitrogens with zero attached hydrogens (tertiary/aromatic N) is 3. The highest BCUT2D eigenvalue weighted by molar-refractivity contribution is 7.91. The lowest BCUT2D eigenvalue weighted by Gasteiger charge is -2.17. The van der Waals surface area contributed by atoms with E-state index >= 15 is 0 Å². The van der Waals surface area contributed by atoms with Gasteiger partial charge in [0.1, 0.15) is 11.5 Å². The Labute approximate surface area is 141 Å². The second-order valence-electron chi connectivity index (χ2n) is 5.33. The molecule has 0 radical (unpaired) electrons. The summed E-state index contributed by atoms with van der Waals surface area (Å²) < 4.78 is 90.6. The molecular weight excluding hydrogens is 374 g/mol. The summed E-state index contributed by atoms with van der Waals surface area (Å²) >= 11 is -2.21. The van der Waals surface area contributed by atoms with Gasteiger partial charge >= 0.3 is 6.18 Å². The van der Waals surface area contributed by atoms with Crippen molar-refractivity contribution in [3.63, 3.8) is 0 Å². The third-order valence-corrected chi connectivity index (χ3v) is 4.69. The fourth-order valence-corrected chi connectivity index (χ4v) is 3.26. The molecule has 0 amide bonds. The van der Waals surface area contributed by atoms with Gasteiger partial charge in [-0.05, 0) is 24.2 Å². The molecule has 0 bridgehead atoms. The van der Waals surface area contributed by atoms with Crippen LogP contribution in [0.2, 0.25) is 0 Å². The first-order valence-corrected chi connectivity index (χ1v) is 7.98. The second kappa shape index (κ2) is 6.41. The van der Waals surface area contributed by atoms with Crippen LogP contribution in [0.15, 0.2) is 17.0 Å². The zero-order valence-corrected chi connectivity index (χ0v) is 13.7. The minimum atomic E-state index is -4.91. The summed E-state index contributed by atoms with van der Waals surface area (Å²) in [6.07, 6.45) is -4.91. The van der Waals surface area contributed by atoms with Crippen molar-refractivity contribution in [3.8, 4) is 5.69 Å². The molecule has 0 saturated heterocycles. The normalized spacial score (nSPS) is 14.0. The molecule has 1 unspecified atom stereocenters. The number of hydrogen-bond acceptors (Lipinski definition) is 4. The molecule has 1 heterocycles. The first-order valence-electron chi connectivity index (χ1n) is 6.66. The largest absolute Gasteiger partial charge is 0.611 e. The number of rotatable bonds is 4. The molecule has 0 aliphatic heterocycles. The van der Waals surface area contributed by atoms with Gasteiger partial charge in [0, 0.05) is 18.6 Å². The molecule has 25 heavy (non-hydrogen) atoms. The summed E-state index contributed by atoms with van der Waals surface area (Å²) in [5, 5.41) is 3.09. The standard InChI is InChI=1S/C13H12F6N4OS/c1-6-3-7(14)8(4-9(6)25(24)5-12(2,15)16)23-11(20)21-10(22-23)13(17,18)19/h3-4H,5H2,1-2H3,(H2,20,21,22). The lowest BCUT2D eigenvalue weighted by molar-refractivity contribution is -0.144. The van der Waals surface area contributed by atoms with Crippen molar-refractivity contribution in [3.05, 3.63) is 29.3 Å². The van der Waals surface area contributed by atoms with Crippen molar-refractivity contribution in [2.24, 2.45) is 0 Å². The van der Waals surface area contributed by atoms with Crippen LogP contribution in [0.1, 0.15) is 18.3 Å². The van der Waals surface area contributed by atoms with Crippen molar-refractivity contribution in [2.45, 2.75) is 30.8 Å². The first-order chi connectivity index (χ1) is 11.3. The molecule has 0 fully saturated rings. The molecule has 138 valence electrons. The Balaban J connectivity index is 2.53. The topological polar surface area (TPSA) is 79.8 Å². The molecule has 1 aromatic heterocycles. The lowest BCUT2D eigenvalue weighted by Crippen LogP contribution is -2.25. The van der Waals surface area contributed by atoms with E-state index < -0.39 is 52.3 Å². The molecule has 2 rings (SSSR count). The maximum absolute atomic E-state index is 14.1. The average molecular weight is 386 g/mol. The minimum Gasteiger partial charge on any atom is -0.611 e. The monoisotopic (exact) mass is 386 g/mol. The number of hydrogen-bond donors (Lipinski definition) is 1. The number of aromatic nitrogens is 3. The number of anilines is 1. The average Bonchev–Trinajstić information content (AvgIpc) is 2.78. The fourth-order valence-electron chi connectivity index (χ4n) is 1.98. The van der Waals surface area contributed by atoms with Gasteiger partial charge in [0.25, 0.3) is 11.7 Å². The van der Waals surface area contributed by atoms with Crippen LogP contribution in [0, 0.1) is 12.7 Å². The van der Waals surface area contributed by atoms with Crippen molar-refractivity contribution in [1.82, 2.24) is 14.8 Å². The van der Waals surface area contributed by atoms with Crippen LogP contribution in [-0.2, 0) is 17.4 Å². The Kier molecular flexibility index (Phi) is 4.97. The zero-order valence-electron chi connectivity index (χ0n) is 12.9. The van der Waals surface area contributed by atoms with E-state index in [0.29, 0.717) is 11.6 Å². The van der Waals surface area contributed by atoms with E-state index in [4.69, 9.17) is 5.73 Å². The number of nitrogens with two attached hydrogens (primary N) is 1. The van der Waals surface area contributed by atoms with Crippen molar-refractivity contribution < 1.29 is 30.9 Å². The van der Waals surface area contributed by atoms with Gasteiger partial charge in [-0.1, -0.05) is 0 Å². The lowest BCUT2D eigenvalue weighted by atomic mass is 10.2. The molecule has 0 aliphatic rings. The number of aryl methyl sites for hydroxylation is 1. The maximum Gasteiger partial charge on any atom is 0.453 e. The van der Waals surface area contributed by atoms with Crippen LogP contribution in [0.4, 0.5) is 32.3 Å². The van der Waals surface area contributed by atoms with Gasteiger partial charge in [-0.15, -0.1) is 5.10 Å². The predicted octanol–water partition coefficient (Wildman–Crippen LogP) is 3.08. The number of halogens is 6. The van der Waals surface area contributed by atoms with Crippen LogP contribution in [0.3, 0.4) is 0 Å². The van der Waals surface area contributed by atoms with Gasteiger partial charge in [-0.25, -0.2) is 13.2 Å². The predicted molar refractivity (Wildman–Crippen MR) is 77.4 cm³/mol. The van der Waals surface area contributed by atoms with Crippen molar-refractivity contribution in [1.29, 1.82) is 0 Å². The summed E-state index contributed by atoms with van der Waals surface area (Å²) in [6.45, 7) is 1.90. The molecule has 0 spiro atoms. The minimum absolute atomic E-state index is 0.0959. The van der Waals surface area contributed by atoms with E-state index in [2.05, 4.69) is 10.1 Å². The molecule has 1 aromatic carbocycles. The van der Waals surface area contributed by atoms with E-state index in [0.717, 1.165) is 12.1 Å². The van der Waals surface area contributed by atoms with E-state index in [1.54, 1.807) is 0 Å². The van der Waals surface area contributed by atoms with Crippen LogP contribution < -0.4 is 5.73 Å². The van der Waals surface area contributed by atoms with Gasteiger partial charge in [0.2, 0.25) is 5.95 Å². The molecule has 12 heteroatoms. The Hall–Kier alpha value is -1.95. The van der Waals surface area contributed by atoms with Gasteiger partial charge < -0.3 is 10.3 Å². The maximum atomic E-state index is 14.1. The third kappa shape index (κ3) is 4.37. The van der Waals surface area contributed by atoms with Crippen LogP contribution in [-0.4, -0.2) is 31.0 Å². The SMILES string of the molecule is Cc1cc(F)c(-n2nc(C(F)(F)F)nc2N)cc1[S+]([O-])CC(C)(F)F. The summed E-state index contributed by atoms with van der Waals surface area (Å²) in [7, 11) is 0. The second-order valence-corrected chi connectivity index (χ2v) is 6.75. The first kappa shape index (κ1) is 19.4. The summed E-state index contributed by atoms with van der Waals surface area (Å²) in [4.78, 5) is 2.83. The smallest absolute Gasteiger partial charge is 0.453 e. The Bertz CT molecular complexity index is 786. The molecule has 5 nitrogen and oxygen atoms in total. The summed E-state index contributed by atoms with van der Waals surface area (Å²) in [5.74, 6) is -7.64. The molecular formula is C13H12F6N4OS. The Morgan fingerprint density at radius 2 is 1.84 bits per heavy atom. The highest BCUT2D eigenvalue weighted by Crippen LogP contribution is 2.30. The highest BCUT2D eigenvalue weighted by atomic mass is 32.2. The Morgan fingerprint density at radius 3 is 2.32 bits per heavy atom. The number of alkyl halides is 5. The Morgan fingerprint density at radius 1 is 1.24 bits per heavy atom. The van der Waals surface area contributed by atoms with Crippen LogP contribution >= 0.6 is 0 Å². The van der Waals surface area contributed by atoms with Gasteiger partial charge in [0.15, 0.2) is 10.6 Å². The van der Waals surface area contributed by atoms with Gasteiger partial charge in [-0.2, -0.15) is 22.8 Å². The van der Waals surface area contributed by atoms with Gasteiger partial charge in [0.05, 0.1) is 0 Å². The van der Waals surface area contributed by atoms with E-state index in [1.165, 1.54) is 6.92 Å². The fraction of sp³-hybridized carbons (Fsp3) is 0.385. The summed E-state index contributed by atoms with van der Waals surface area (Å²) in [6, 6.07) is 1.72. The van der Waals surface area contributed by atoms with Crippen molar-refractivity contribution >= 4 is 17.1 Å². The molecule has 0 saturated carbocycles. The van der Waals surface area contributed by atoms with Gasteiger partial charge in [-0.3, -0.25) is 0 Å². The molecule has 0 aliphatic carbocycles. The molecule has 2 N–H and O–H groups in total. The quantitative estimate of drug-likeness (QED) is 0.647. The molecule has 1 atom stereocenters. The van der Waals surface area contributed by atoms with Crippen molar-refractivity contribution in [2.75, 3.05) is 11.5 Å². The zero-order chi connectivity index (χ0) is 19.2. The van der Waals surface area contributed by atoms with Crippen LogP contribution in [0.25, 0.3) is 5.69 Å². The third-order valence-electron chi connectivity index (χ3n) is 2.99. The summed E-state index contributed by atoms with van der Waals surface area (Å²) in [5.41, 5.74) is 4.85. The van der Waals surface area contributed by atoms with E-state index in [1.807, 2.05) is 0 Å². The van der Waals surface area contributed by atoms with E-state index in [-0.39, 0.29) is 10.5 Å². The van der Waals surface area contributed by atoms with E-state index in [9.17, 15) is 30.9 Å². The molecule has 2 aromatic rings. The number of benzene rings is 1. The highest BCUT2D eigenvalue weighted by Gasteiger charge is 2.37. The van der Waals surface area contributed by atoms with Crippen LogP contribution in [0.5, 0.6) is 0 Å². The number of nitrogen functional groups attached to an aromatic ring is 1.